The maximum Gasteiger partial charge on any atom is 0.265 e. The lowest BCUT2D eigenvalue weighted by Gasteiger charge is -2.32. The van der Waals surface area contributed by atoms with Gasteiger partial charge in [0.05, 0.1) is 0 Å². The van der Waals surface area contributed by atoms with Crippen LogP contribution in [0.15, 0.2) is 60.8 Å². The zero-order valence-electron chi connectivity index (χ0n) is 14.2. The molecule has 0 aliphatic carbocycles. The number of aromatic amines is 1. The Bertz CT molecular complexity index is 848. The van der Waals surface area contributed by atoms with E-state index in [9.17, 15) is 4.79 Å². The summed E-state index contributed by atoms with van der Waals surface area (Å²) in [5.41, 5.74) is 6.15. The number of carbonyl (C=O) groups is 1. The number of carbonyl (C=O) groups excluding carboxylic acids is 1. The third kappa shape index (κ3) is 3.74. The van der Waals surface area contributed by atoms with Gasteiger partial charge < -0.3 is 4.98 Å². The highest BCUT2D eigenvalue weighted by Crippen LogP contribution is 2.21. The minimum Gasteiger partial charge on any atom is -0.361 e. The van der Waals surface area contributed by atoms with Crippen LogP contribution >= 0.6 is 0 Å². The number of nitrogens with one attached hydrogen (secondary N) is 2. The van der Waals surface area contributed by atoms with Crippen molar-refractivity contribution in [3.05, 3.63) is 71.9 Å². The number of aromatic nitrogens is 1. The van der Waals surface area contributed by atoms with E-state index in [2.05, 4.69) is 45.8 Å². The van der Waals surface area contributed by atoms with Gasteiger partial charge in [-0.1, -0.05) is 36.4 Å². The number of rotatable bonds is 4. The fourth-order valence-corrected chi connectivity index (χ4v) is 3.59. The van der Waals surface area contributed by atoms with E-state index in [-0.39, 0.29) is 5.91 Å². The first-order valence-electron chi connectivity index (χ1n) is 8.95. The second-order valence-corrected chi connectivity index (χ2v) is 6.84. The second kappa shape index (κ2) is 7.11. The van der Waals surface area contributed by atoms with Gasteiger partial charge in [-0.3, -0.25) is 10.2 Å². The van der Waals surface area contributed by atoms with Gasteiger partial charge in [-0.15, -0.1) is 0 Å². The van der Waals surface area contributed by atoms with Crippen molar-refractivity contribution in [3.8, 4) is 0 Å². The molecule has 1 fully saturated rings. The summed E-state index contributed by atoms with van der Waals surface area (Å²) in [4.78, 5) is 15.6. The quantitative estimate of drug-likeness (QED) is 0.763. The van der Waals surface area contributed by atoms with E-state index in [1.54, 1.807) is 0 Å². The van der Waals surface area contributed by atoms with Crippen LogP contribution in [0.2, 0.25) is 0 Å². The molecule has 0 unspecified atom stereocenters. The highest BCUT2D eigenvalue weighted by Gasteiger charge is 2.21. The Hall–Kier alpha value is -2.59. The summed E-state index contributed by atoms with van der Waals surface area (Å²) in [5, 5.41) is 3.18. The third-order valence-electron chi connectivity index (χ3n) is 5.06. The topological polar surface area (TPSA) is 48.1 Å². The predicted octanol–water partition coefficient (Wildman–Crippen LogP) is 3.77. The van der Waals surface area contributed by atoms with Gasteiger partial charge in [0.2, 0.25) is 0 Å². The van der Waals surface area contributed by atoms with E-state index in [1.807, 2.05) is 30.5 Å². The van der Waals surface area contributed by atoms with E-state index in [4.69, 9.17) is 0 Å². The Labute approximate surface area is 147 Å². The number of hydrogen-bond donors (Lipinski definition) is 2. The zero-order chi connectivity index (χ0) is 17.1. The van der Waals surface area contributed by atoms with E-state index < -0.39 is 0 Å². The van der Waals surface area contributed by atoms with E-state index in [0.29, 0.717) is 11.5 Å². The molecule has 1 aliphatic rings. The van der Waals surface area contributed by atoms with Crippen molar-refractivity contribution in [2.45, 2.75) is 19.3 Å². The molecule has 0 bridgehead atoms. The summed E-state index contributed by atoms with van der Waals surface area (Å²) >= 11 is 0. The second-order valence-electron chi connectivity index (χ2n) is 6.84. The van der Waals surface area contributed by atoms with Crippen LogP contribution in [0.4, 0.5) is 0 Å². The first-order chi connectivity index (χ1) is 12.3. The molecular weight excluding hydrogens is 310 g/mol. The van der Waals surface area contributed by atoms with Crippen LogP contribution in [0.1, 0.15) is 28.8 Å². The summed E-state index contributed by atoms with van der Waals surface area (Å²) < 4.78 is 0. The van der Waals surface area contributed by atoms with Crippen LogP contribution in [0.3, 0.4) is 0 Å². The van der Waals surface area contributed by atoms with Gasteiger partial charge in [0.25, 0.3) is 5.91 Å². The third-order valence-corrected chi connectivity index (χ3v) is 5.06. The average molecular weight is 333 g/mol. The van der Waals surface area contributed by atoms with Crippen LogP contribution in [0.25, 0.3) is 10.9 Å². The smallest absolute Gasteiger partial charge is 0.265 e. The zero-order valence-corrected chi connectivity index (χ0v) is 14.2. The Morgan fingerprint density at radius 1 is 1.08 bits per heavy atom. The molecule has 0 atom stereocenters. The minimum absolute atomic E-state index is 0.0296. The van der Waals surface area contributed by atoms with Crippen molar-refractivity contribution in [1.29, 1.82) is 0 Å². The molecule has 2 aromatic carbocycles. The molecular formula is C21H23N3O. The number of amides is 1. The van der Waals surface area contributed by atoms with Crippen LogP contribution in [0, 0.1) is 5.92 Å². The molecule has 25 heavy (non-hydrogen) atoms. The van der Waals surface area contributed by atoms with Crippen LogP contribution in [-0.4, -0.2) is 29.0 Å². The standard InChI is InChI=1S/C21H23N3O/c25-21(19-7-6-18-8-11-22-20(18)15-19)23-24-12-9-17(10-13-24)14-16-4-2-1-3-5-16/h1-8,11,15,17,22H,9-10,12-14H2,(H,23,25). The van der Waals surface area contributed by atoms with Crippen LogP contribution in [0.5, 0.6) is 0 Å². The molecule has 1 amide bonds. The first-order valence-corrected chi connectivity index (χ1v) is 8.95. The van der Waals surface area contributed by atoms with Gasteiger partial charge in [0.1, 0.15) is 0 Å². The molecule has 0 radical (unpaired) electrons. The number of hydrogen-bond acceptors (Lipinski definition) is 2. The van der Waals surface area contributed by atoms with E-state index in [1.165, 1.54) is 5.56 Å². The minimum atomic E-state index is -0.0296. The predicted molar refractivity (Wildman–Crippen MR) is 100 cm³/mol. The fourth-order valence-electron chi connectivity index (χ4n) is 3.59. The highest BCUT2D eigenvalue weighted by atomic mass is 16.2. The van der Waals surface area contributed by atoms with Gasteiger partial charge in [0, 0.05) is 30.4 Å². The molecule has 3 aromatic rings. The maximum absolute atomic E-state index is 12.5. The van der Waals surface area contributed by atoms with Crippen molar-refractivity contribution in [3.63, 3.8) is 0 Å². The molecule has 2 N–H and O–H groups in total. The highest BCUT2D eigenvalue weighted by molar-refractivity contribution is 5.97. The molecule has 0 saturated carbocycles. The Balaban J connectivity index is 1.31. The molecule has 0 spiro atoms. The average Bonchev–Trinajstić information content (AvgIpc) is 3.12. The number of H-pyrrole nitrogens is 1. The van der Waals surface area contributed by atoms with Gasteiger partial charge >= 0.3 is 0 Å². The lowest BCUT2D eigenvalue weighted by molar-refractivity contribution is 0.0702. The lowest BCUT2D eigenvalue weighted by Crippen LogP contribution is -2.46. The summed E-state index contributed by atoms with van der Waals surface area (Å²) in [7, 11) is 0. The van der Waals surface area contributed by atoms with Crippen LogP contribution < -0.4 is 5.43 Å². The van der Waals surface area contributed by atoms with Gasteiger partial charge in [-0.05, 0) is 54.3 Å². The molecule has 4 nitrogen and oxygen atoms in total. The largest absolute Gasteiger partial charge is 0.361 e. The number of hydrazine groups is 1. The summed E-state index contributed by atoms with van der Waals surface area (Å²) in [6.45, 7) is 1.82. The molecule has 1 saturated heterocycles. The lowest BCUT2D eigenvalue weighted by atomic mass is 9.91. The Morgan fingerprint density at radius 3 is 2.68 bits per heavy atom. The van der Waals surface area contributed by atoms with Crippen molar-refractivity contribution < 1.29 is 4.79 Å². The number of nitrogens with zero attached hydrogens (tertiary/aromatic N) is 1. The van der Waals surface area contributed by atoms with Gasteiger partial charge in [-0.25, -0.2) is 5.01 Å². The van der Waals surface area contributed by atoms with Crippen LogP contribution in [-0.2, 0) is 6.42 Å². The fraction of sp³-hybridized carbons (Fsp3) is 0.286. The van der Waals surface area contributed by atoms with Gasteiger partial charge in [-0.2, -0.15) is 0 Å². The normalized spacial score (nSPS) is 16.2. The van der Waals surface area contributed by atoms with Crippen molar-refractivity contribution in [1.82, 2.24) is 15.4 Å². The number of fused-ring (bicyclic) bond motifs is 1. The molecule has 1 aliphatic heterocycles. The van der Waals surface area contributed by atoms with Crippen molar-refractivity contribution in [2.75, 3.05) is 13.1 Å². The first kappa shape index (κ1) is 15.9. The summed E-state index contributed by atoms with van der Waals surface area (Å²) in [6, 6.07) is 18.4. The Morgan fingerprint density at radius 2 is 1.88 bits per heavy atom. The molecule has 1 aromatic heterocycles. The maximum atomic E-state index is 12.5. The van der Waals surface area contributed by atoms with Gasteiger partial charge in [0.15, 0.2) is 0 Å². The molecule has 4 rings (SSSR count). The SMILES string of the molecule is O=C(NN1CCC(Cc2ccccc2)CC1)c1ccc2cc[nH]c2c1. The van der Waals surface area contributed by atoms with Crippen molar-refractivity contribution >= 4 is 16.8 Å². The Kier molecular flexibility index (Phi) is 4.53. The monoisotopic (exact) mass is 333 g/mol. The van der Waals surface area contributed by atoms with E-state index in [0.717, 1.165) is 43.3 Å². The summed E-state index contributed by atoms with van der Waals surface area (Å²) in [5.74, 6) is 0.670. The molecule has 128 valence electrons. The van der Waals surface area contributed by atoms with E-state index >= 15 is 0 Å². The summed E-state index contributed by atoms with van der Waals surface area (Å²) in [6.07, 6.45) is 5.26. The molecule has 4 heteroatoms. The molecule has 2 heterocycles. The number of benzene rings is 2. The number of piperidine rings is 1. The van der Waals surface area contributed by atoms with Crippen molar-refractivity contribution in [2.24, 2.45) is 5.92 Å².